The van der Waals surface area contributed by atoms with Gasteiger partial charge in [0, 0.05) is 29.5 Å². The lowest BCUT2D eigenvalue weighted by Gasteiger charge is -2.01. The standard InChI is InChI=1S/C13H14ClN3/c14-10-2-1-3-13(6-10)17-8-12(16-9-17)7-15-11-4-5-11/h1-3,6,8-9,11,15H,4-5,7H2. The monoisotopic (exact) mass is 247 g/mol. The Morgan fingerprint density at radius 1 is 1.41 bits per heavy atom. The first kappa shape index (κ1) is 10.8. The first-order valence-corrected chi connectivity index (χ1v) is 6.21. The highest BCUT2D eigenvalue weighted by Gasteiger charge is 2.20. The third-order valence-electron chi connectivity index (χ3n) is 2.89. The smallest absolute Gasteiger partial charge is 0.0995 e. The van der Waals surface area contributed by atoms with E-state index in [0.717, 1.165) is 22.9 Å². The maximum absolute atomic E-state index is 5.97. The van der Waals surface area contributed by atoms with Crippen LogP contribution in [0.5, 0.6) is 0 Å². The van der Waals surface area contributed by atoms with Crippen LogP contribution < -0.4 is 5.32 Å². The molecule has 0 aliphatic heterocycles. The number of hydrogen-bond donors (Lipinski definition) is 1. The Morgan fingerprint density at radius 3 is 3.06 bits per heavy atom. The fraction of sp³-hybridized carbons (Fsp3) is 0.308. The number of halogens is 1. The number of nitrogens with zero attached hydrogens (tertiary/aromatic N) is 2. The zero-order valence-electron chi connectivity index (χ0n) is 9.44. The molecule has 0 saturated heterocycles. The lowest BCUT2D eigenvalue weighted by molar-refractivity contribution is 0.677. The number of benzene rings is 1. The van der Waals surface area contributed by atoms with E-state index in [-0.39, 0.29) is 0 Å². The molecule has 17 heavy (non-hydrogen) atoms. The van der Waals surface area contributed by atoms with Gasteiger partial charge < -0.3 is 9.88 Å². The van der Waals surface area contributed by atoms with Crippen molar-refractivity contribution in [3.05, 3.63) is 47.5 Å². The predicted octanol–water partition coefficient (Wildman–Crippen LogP) is 2.78. The zero-order chi connectivity index (χ0) is 11.7. The quantitative estimate of drug-likeness (QED) is 0.901. The van der Waals surface area contributed by atoms with Gasteiger partial charge in [0.15, 0.2) is 0 Å². The third-order valence-corrected chi connectivity index (χ3v) is 3.13. The third kappa shape index (κ3) is 2.68. The van der Waals surface area contributed by atoms with Crippen molar-refractivity contribution in [2.24, 2.45) is 0 Å². The average molecular weight is 248 g/mol. The second kappa shape index (κ2) is 4.51. The zero-order valence-corrected chi connectivity index (χ0v) is 10.2. The Morgan fingerprint density at radius 2 is 2.29 bits per heavy atom. The van der Waals surface area contributed by atoms with Gasteiger partial charge in [0.2, 0.25) is 0 Å². The largest absolute Gasteiger partial charge is 0.308 e. The molecule has 1 aromatic heterocycles. The first-order chi connectivity index (χ1) is 8.31. The molecule has 88 valence electrons. The second-order valence-corrected chi connectivity index (χ2v) is 4.84. The van der Waals surface area contributed by atoms with E-state index in [2.05, 4.69) is 10.3 Å². The maximum atomic E-state index is 5.97. The van der Waals surface area contributed by atoms with Gasteiger partial charge in [0.25, 0.3) is 0 Å². The molecule has 4 heteroatoms. The minimum absolute atomic E-state index is 0.714. The molecule has 1 aliphatic rings. The van der Waals surface area contributed by atoms with Gasteiger partial charge in [-0.3, -0.25) is 0 Å². The van der Waals surface area contributed by atoms with Gasteiger partial charge in [0.05, 0.1) is 12.0 Å². The van der Waals surface area contributed by atoms with Crippen molar-refractivity contribution in [1.82, 2.24) is 14.9 Å². The SMILES string of the molecule is Clc1cccc(-n2cnc(CNC3CC3)c2)c1. The van der Waals surface area contributed by atoms with Gasteiger partial charge in [0.1, 0.15) is 0 Å². The van der Waals surface area contributed by atoms with E-state index in [1.807, 2.05) is 41.4 Å². The van der Waals surface area contributed by atoms with Crippen LogP contribution in [0, 0.1) is 0 Å². The van der Waals surface area contributed by atoms with Crippen LogP contribution in [0.25, 0.3) is 5.69 Å². The first-order valence-electron chi connectivity index (χ1n) is 5.83. The van der Waals surface area contributed by atoms with Crippen LogP contribution in [0.1, 0.15) is 18.5 Å². The summed E-state index contributed by atoms with van der Waals surface area (Å²) in [5, 5.41) is 4.19. The summed E-state index contributed by atoms with van der Waals surface area (Å²) in [4.78, 5) is 4.38. The highest BCUT2D eigenvalue weighted by Crippen LogP contribution is 2.19. The Kier molecular flexibility index (Phi) is 2.87. The van der Waals surface area contributed by atoms with Crippen molar-refractivity contribution in [2.75, 3.05) is 0 Å². The molecule has 3 nitrogen and oxygen atoms in total. The van der Waals surface area contributed by atoms with E-state index < -0.39 is 0 Å². The van der Waals surface area contributed by atoms with Crippen LogP contribution >= 0.6 is 11.6 Å². The number of nitrogens with one attached hydrogen (secondary N) is 1. The van der Waals surface area contributed by atoms with E-state index in [0.29, 0.717) is 6.04 Å². The summed E-state index contributed by atoms with van der Waals surface area (Å²) in [6.45, 7) is 0.845. The molecule has 0 amide bonds. The molecule has 0 bridgehead atoms. The van der Waals surface area contributed by atoms with Crippen molar-refractivity contribution in [1.29, 1.82) is 0 Å². The van der Waals surface area contributed by atoms with Gasteiger partial charge in [-0.05, 0) is 31.0 Å². The van der Waals surface area contributed by atoms with E-state index in [1.54, 1.807) is 0 Å². The lowest BCUT2D eigenvalue weighted by Crippen LogP contribution is -2.15. The molecule has 0 spiro atoms. The Labute approximate surface area is 105 Å². The second-order valence-electron chi connectivity index (χ2n) is 4.41. The fourth-order valence-electron chi connectivity index (χ4n) is 1.77. The van der Waals surface area contributed by atoms with E-state index in [4.69, 9.17) is 11.6 Å². The molecule has 3 rings (SSSR count). The van der Waals surface area contributed by atoms with Gasteiger partial charge >= 0.3 is 0 Å². The number of aromatic nitrogens is 2. The molecular formula is C13H14ClN3. The summed E-state index contributed by atoms with van der Waals surface area (Å²) in [6.07, 6.45) is 6.47. The number of imidazole rings is 1. The molecule has 0 atom stereocenters. The van der Waals surface area contributed by atoms with Gasteiger partial charge in [-0.1, -0.05) is 17.7 Å². The topological polar surface area (TPSA) is 29.9 Å². The van der Waals surface area contributed by atoms with Crippen LogP contribution in [0.2, 0.25) is 5.02 Å². The summed E-state index contributed by atoms with van der Waals surface area (Å²) < 4.78 is 2.00. The van der Waals surface area contributed by atoms with Crippen molar-refractivity contribution in [3.63, 3.8) is 0 Å². The minimum atomic E-state index is 0.714. The highest BCUT2D eigenvalue weighted by atomic mass is 35.5. The maximum Gasteiger partial charge on any atom is 0.0995 e. The van der Waals surface area contributed by atoms with Crippen LogP contribution in [0.15, 0.2) is 36.8 Å². The van der Waals surface area contributed by atoms with Crippen molar-refractivity contribution >= 4 is 11.6 Å². The molecule has 0 radical (unpaired) electrons. The summed E-state index contributed by atoms with van der Waals surface area (Å²) in [5.74, 6) is 0. The van der Waals surface area contributed by atoms with Gasteiger partial charge in [-0.2, -0.15) is 0 Å². The molecule has 1 saturated carbocycles. The fourth-order valence-corrected chi connectivity index (χ4v) is 1.95. The summed E-state index contributed by atoms with van der Waals surface area (Å²) in [6, 6.07) is 8.48. The summed E-state index contributed by atoms with van der Waals surface area (Å²) in [7, 11) is 0. The molecule has 0 unspecified atom stereocenters. The van der Waals surface area contributed by atoms with E-state index >= 15 is 0 Å². The molecule has 1 aliphatic carbocycles. The number of rotatable bonds is 4. The van der Waals surface area contributed by atoms with Crippen molar-refractivity contribution in [3.8, 4) is 5.69 Å². The molecule has 1 fully saturated rings. The molecular weight excluding hydrogens is 234 g/mol. The molecule has 1 heterocycles. The highest BCUT2D eigenvalue weighted by molar-refractivity contribution is 6.30. The molecule has 2 aromatic rings. The van der Waals surface area contributed by atoms with E-state index in [1.165, 1.54) is 12.8 Å². The summed E-state index contributed by atoms with van der Waals surface area (Å²) in [5.41, 5.74) is 2.11. The van der Waals surface area contributed by atoms with E-state index in [9.17, 15) is 0 Å². The Balaban J connectivity index is 1.74. The Hall–Kier alpha value is -1.32. The molecule has 1 aromatic carbocycles. The Bertz CT molecular complexity index is 517. The molecule has 1 N–H and O–H groups in total. The summed E-state index contributed by atoms with van der Waals surface area (Å²) >= 11 is 5.97. The lowest BCUT2D eigenvalue weighted by atomic mass is 10.3. The van der Waals surface area contributed by atoms with Gasteiger partial charge in [-0.25, -0.2) is 4.98 Å². The average Bonchev–Trinajstić information content (AvgIpc) is 3.04. The normalized spacial score (nSPS) is 15.1. The number of hydrogen-bond acceptors (Lipinski definition) is 2. The van der Waals surface area contributed by atoms with Crippen molar-refractivity contribution in [2.45, 2.75) is 25.4 Å². The van der Waals surface area contributed by atoms with Crippen LogP contribution in [-0.2, 0) is 6.54 Å². The minimum Gasteiger partial charge on any atom is -0.308 e. The van der Waals surface area contributed by atoms with Crippen LogP contribution in [0.4, 0.5) is 0 Å². The van der Waals surface area contributed by atoms with Crippen LogP contribution in [-0.4, -0.2) is 15.6 Å². The predicted molar refractivity (Wildman–Crippen MR) is 68.4 cm³/mol. The van der Waals surface area contributed by atoms with Crippen LogP contribution in [0.3, 0.4) is 0 Å². The van der Waals surface area contributed by atoms with Crippen molar-refractivity contribution < 1.29 is 0 Å². The van der Waals surface area contributed by atoms with Gasteiger partial charge in [-0.15, -0.1) is 0 Å².